The molecule has 3 aromatic carbocycles. The summed E-state index contributed by atoms with van der Waals surface area (Å²) >= 11 is 0. The third-order valence-electron chi connectivity index (χ3n) is 5.60. The van der Waals surface area contributed by atoms with E-state index in [9.17, 15) is 0 Å². The molecule has 0 unspecified atom stereocenters. The first-order valence-corrected chi connectivity index (χ1v) is 9.68. The van der Waals surface area contributed by atoms with Gasteiger partial charge in [-0.3, -0.25) is 4.57 Å². The molecule has 3 nitrogen and oxygen atoms in total. The van der Waals surface area contributed by atoms with Crippen molar-refractivity contribution in [3.05, 3.63) is 102 Å². The molecule has 0 atom stereocenters. The number of nitrogens with zero attached hydrogens (tertiary/aromatic N) is 2. The van der Waals surface area contributed by atoms with E-state index < -0.39 is 0 Å². The highest BCUT2D eigenvalue weighted by atomic mass is 15.1. The number of benzene rings is 3. The molecule has 0 saturated heterocycles. The van der Waals surface area contributed by atoms with E-state index in [0.717, 1.165) is 24.3 Å². The summed E-state index contributed by atoms with van der Waals surface area (Å²) in [4.78, 5) is 4.97. The molecular formula is C25H19N3. The third-order valence-corrected chi connectivity index (χ3v) is 5.60. The molecule has 0 radical (unpaired) electrons. The van der Waals surface area contributed by atoms with E-state index >= 15 is 0 Å². The predicted molar refractivity (Wildman–Crippen MR) is 115 cm³/mol. The number of allylic oxidation sites excluding steroid dienone is 4. The van der Waals surface area contributed by atoms with Crippen molar-refractivity contribution in [2.75, 3.05) is 6.54 Å². The molecule has 0 spiro atoms. The summed E-state index contributed by atoms with van der Waals surface area (Å²) in [5.74, 6) is 1.10. The second-order valence-corrected chi connectivity index (χ2v) is 7.34. The molecule has 0 bridgehead atoms. The number of rotatable bonds is 1. The fourth-order valence-electron chi connectivity index (χ4n) is 4.37. The van der Waals surface area contributed by atoms with Crippen LogP contribution in [0.5, 0.6) is 0 Å². The van der Waals surface area contributed by atoms with Gasteiger partial charge in [0.15, 0.2) is 0 Å². The number of nitrogens with one attached hydrogen (secondary N) is 1. The van der Waals surface area contributed by atoms with Gasteiger partial charge in [0.2, 0.25) is 0 Å². The Kier molecular flexibility index (Phi) is 3.29. The van der Waals surface area contributed by atoms with Crippen LogP contribution in [0.2, 0.25) is 0 Å². The van der Waals surface area contributed by atoms with Crippen LogP contribution in [0.1, 0.15) is 11.4 Å². The van der Waals surface area contributed by atoms with Crippen molar-refractivity contribution in [1.82, 2.24) is 14.9 Å². The second-order valence-electron chi connectivity index (χ2n) is 7.34. The number of aromatic nitrogens is 2. The van der Waals surface area contributed by atoms with Gasteiger partial charge in [0.1, 0.15) is 5.82 Å². The quantitative estimate of drug-likeness (QED) is 0.507. The summed E-state index contributed by atoms with van der Waals surface area (Å²) in [5, 5.41) is 5.82. The number of fused-ring (bicyclic) bond motifs is 7. The standard InChI is InChI=1S/C25H19N3/c1-2-8-20-18(7-1)11-12-21-19(14-17-6-5-13-26-16-17)15-24-27-22-9-3-4-10-23(22)28(24)25(20)21/h1-12,14,16,26H,13,15H2/b19-14-. The Morgan fingerprint density at radius 1 is 0.964 bits per heavy atom. The Morgan fingerprint density at radius 2 is 1.86 bits per heavy atom. The third kappa shape index (κ3) is 2.26. The summed E-state index contributed by atoms with van der Waals surface area (Å²) in [7, 11) is 0. The summed E-state index contributed by atoms with van der Waals surface area (Å²) < 4.78 is 2.35. The highest BCUT2D eigenvalue weighted by molar-refractivity contribution is 5.99. The number of dihydropyridines is 1. The van der Waals surface area contributed by atoms with Crippen LogP contribution >= 0.6 is 0 Å². The Morgan fingerprint density at radius 3 is 2.79 bits per heavy atom. The Bertz CT molecular complexity index is 1330. The van der Waals surface area contributed by atoms with Crippen molar-refractivity contribution in [1.29, 1.82) is 0 Å². The first-order valence-electron chi connectivity index (χ1n) is 9.68. The summed E-state index contributed by atoms with van der Waals surface area (Å²) in [6, 6.07) is 21.5. The highest BCUT2D eigenvalue weighted by Crippen LogP contribution is 2.39. The maximum atomic E-state index is 4.97. The Labute approximate surface area is 163 Å². The van der Waals surface area contributed by atoms with Crippen LogP contribution in [0.3, 0.4) is 0 Å². The monoisotopic (exact) mass is 361 g/mol. The molecule has 3 heterocycles. The summed E-state index contributed by atoms with van der Waals surface area (Å²) in [6.45, 7) is 0.893. The number of imidazole rings is 1. The van der Waals surface area contributed by atoms with Crippen LogP contribution < -0.4 is 5.32 Å². The van der Waals surface area contributed by atoms with Crippen molar-refractivity contribution in [3.8, 4) is 5.69 Å². The van der Waals surface area contributed by atoms with Crippen LogP contribution in [0, 0.1) is 0 Å². The molecular weight excluding hydrogens is 342 g/mol. The van der Waals surface area contributed by atoms with Gasteiger partial charge in [-0.2, -0.15) is 0 Å². The summed E-state index contributed by atoms with van der Waals surface area (Å²) in [6.07, 6.45) is 9.54. The van der Waals surface area contributed by atoms with Crippen molar-refractivity contribution in [2.45, 2.75) is 6.42 Å². The smallest absolute Gasteiger partial charge is 0.118 e. The van der Waals surface area contributed by atoms with Crippen LogP contribution in [-0.4, -0.2) is 16.1 Å². The maximum Gasteiger partial charge on any atom is 0.118 e. The van der Waals surface area contributed by atoms with E-state index in [1.54, 1.807) is 0 Å². The SMILES string of the molecule is C1=CC(/C=C2/Cc3nc4ccccc4n3-c3c2ccc2ccccc32)=CNC1. The van der Waals surface area contributed by atoms with E-state index in [4.69, 9.17) is 4.98 Å². The van der Waals surface area contributed by atoms with Crippen LogP contribution in [0.15, 0.2) is 90.7 Å². The van der Waals surface area contributed by atoms with Gasteiger partial charge in [-0.1, -0.05) is 60.7 Å². The fraction of sp³-hybridized carbons (Fsp3) is 0.0800. The molecule has 134 valence electrons. The zero-order valence-electron chi connectivity index (χ0n) is 15.4. The first kappa shape index (κ1) is 15.5. The topological polar surface area (TPSA) is 29.9 Å². The van der Waals surface area contributed by atoms with Crippen LogP contribution in [-0.2, 0) is 6.42 Å². The molecule has 1 aromatic heterocycles. The number of hydrogen-bond donors (Lipinski definition) is 1. The highest BCUT2D eigenvalue weighted by Gasteiger charge is 2.25. The fourth-order valence-corrected chi connectivity index (χ4v) is 4.37. The normalized spacial score (nSPS) is 16.7. The minimum absolute atomic E-state index is 0.825. The van der Waals surface area contributed by atoms with Crippen LogP contribution in [0.4, 0.5) is 0 Å². The van der Waals surface area contributed by atoms with Gasteiger partial charge in [0.05, 0.1) is 16.7 Å². The molecule has 4 aromatic rings. The average Bonchev–Trinajstić information content (AvgIpc) is 3.12. The van der Waals surface area contributed by atoms with E-state index in [-0.39, 0.29) is 0 Å². The molecule has 6 rings (SSSR count). The lowest BCUT2D eigenvalue weighted by Gasteiger charge is -2.24. The molecule has 0 saturated carbocycles. The van der Waals surface area contributed by atoms with Crippen molar-refractivity contribution in [3.63, 3.8) is 0 Å². The van der Waals surface area contributed by atoms with Gasteiger partial charge in [-0.25, -0.2) is 4.98 Å². The second kappa shape index (κ2) is 5.96. The van der Waals surface area contributed by atoms with Gasteiger partial charge in [-0.15, -0.1) is 0 Å². The lowest BCUT2D eigenvalue weighted by molar-refractivity contribution is 0.931. The number of hydrogen-bond acceptors (Lipinski definition) is 2. The van der Waals surface area contributed by atoms with Crippen LogP contribution in [0.25, 0.3) is 33.1 Å². The van der Waals surface area contributed by atoms with E-state index in [1.807, 2.05) is 0 Å². The predicted octanol–water partition coefficient (Wildman–Crippen LogP) is 5.16. The molecule has 2 aliphatic rings. The molecule has 2 aliphatic heterocycles. The molecule has 0 fully saturated rings. The largest absolute Gasteiger partial charge is 0.387 e. The van der Waals surface area contributed by atoms with Gasteiger partial charge < -0.3 is 5.32 Å². The minimum Gasteiger partial charge on any atom is -0.387 e. The number of para-hydroxylation sites is 2. The van der Waals surface area contributed by atoms with E-state index in [2.05, 4.69) is 95.0 Å². The molecule has 0 amide bonds. The zero-order chi connectivity index (χ0) is 18.5. The van der Waals surface area contributed by atoms with Gasteiger partial charge in [-0.05, 0) is 34.7 Å². The average molecular weight is 361 g/mol. The van der Waals surface area contributed by atoms with E-state index in [0.29, 0.717) is 0 Å². The first-order chi connectivity index (χ1) is 13.9. The molecule has 0 aliphatic carbocycles. The maximum absolute atomic E-state index is 4.97. The van der Waals surface area contributed by atoms with Gasteiger partial charge in [0.25, 0.3) is 0 Å². The van der Waals surface area contributed by atoms with Crippen molar-refractivity contribution >= 4 is 27.4 Å². The Hall–Kier alpha value is -3.59. The minimum atomic E-state index is 0.825. The Balaban J connectivity index is 1.70. The van der Waals surface area contributed by atoms with Crippen molar-refractivity contribution in [2.24, 2.45) is 0 Å². The molecule has 28 heavy (non-hydrogen) atoms. The van der Waals surface area contributed by atoms with E-state index in [1.165, 1.54) is 38.7 Å². The van der Waals surface area contributed by atoms with Crippen molar-refractivity contribution < 1.29 is 0 Å². The lowest BCUT2D eigenvalue weighted by atomic mass is 9.91. The van der Waals surface area contributed by atoms with Gasteiger partial charge >= 0.3 is 0 Å². The van der Waals surface area contributed by atoms with Gasteiger partial charge in [0, 0.05) is 30.1 Å². The zero-order valence-corrected chi connectivity index (χ0v) is 15.4. The summed E-state index contributed by atoms with van der Waals surface area (Å²) in [5.41, 5.74) is 7.26. The molecule has 1 N–H and O–H groups in total. The lowest BCUT2D eigenvalue weighted by Crippen LogP contribution is -2.13. The molecule has 3 heteroatoms.